The Morgan fingerprint density at radius 1 is 1.00 bits per heavy atom. The van der Waals surface area contributed by atoms with Crippen molar-refractivity contribution in [3.8, 4) is 0 Å². The molecule has 0 aliphatic heterocycles. The first-order valence-electron chi connectivity index (χ1n) is 5.14. The third-order valence-electron chi connectivity index (χ3n) is 1.74. The van der Waals surface area contributed by atoms with Gasteiger partial charge in [-0.2, -0.15) is 11.8 Å². The van der Waals surface area contributed by atoms with E-state index in [1.165, 1.54) is 43.6 Å². The lowest BCUT2D eigenvalue weighted by atomic mass is 10.2. The van der Waals surface area contributed by atoms with Gasteiger partial charge in [0.25, 0.3) is 0 Å². The smallest absolute Gasteiger partial charge is 0.00675 e. The van der Waals surface area contributed by atoms with E-state index in [2.05, 4.69) is 37.8 Å². The van der Waals surface area contributed by atoms with Crippen molar-refractivity contribution in [1.29, 1.82) is 0 Å². The number of allylic oxidation sites excluding steroid dienone is 2. The molecule has 0 atom stereocenters. The molecule has 0 aromatic carbocycles. The maximum atomic E-state index is 2.33. The van der Waals surface area contributed by atoms with E-state index in [1.807, 2.05) is 0 Å². The van der Waals surface area contributed by atoms with Crippen LogP contribution in [0.4, 0.5) is 0 Å². The maximum Gasteiger partial charge on any atom is -0.00675 e. The van der Waals surface area contributed by atoms with Gasteiger partial charge in [-0.25, -0.2) is 0 Å². The number of thioether (sulfide) groups is 1. The van der Waals surface area contributed by atoms with Gasteiger partial charge in [0.05, 0.1) is 0 Å². The van der Waals surface area contributed by atoms with Crippen LogP contribution in [0.15, 0.2) is 12.2 Å². The van der Waals surface area contributed by atoms with E-state index < -0.39 is 0 Å². The molecule has 0 spiro atoms. The summed E-state index contributed by atoms with van der Waals surface area (Å²) >= 11 is 2.05. The molecule has 0 saturated heterocycles. The summed E-state index contributed by atoms with van der Waals surface area (Å²) in [5.41, 5.74) is 0. The van der Waals surface area contributed by atoms with Crippen molar-refractivity contribution >= 4 is 11.8 Å². The zero-order chi connectivity index (χ0) is 9.07. The van der Waals surface area contributed by atoms with Gasteiger partial charge in [0.1, 0.15) is 0 Å². The minimum atomic E-state index is 1.25. The molecule has 0 fully saturated rings. The van der Waals surface area contributed by atoms with Gasteiger partial charge in [-0.15, -0.1) is 0 Å². The molecule has 0 aliphatic carbocycles. The fraction of sp³-hybridized carbons (Fsp3) is 0.818. The van der Waals surface area contributed by atoms with Crippen LogP contribution >= 0.6 is 11.8 Å². The largest absolute Gasteiger partial charge is 0.162 e. The Morgan fingerprint density at radius 2 is 1.75 bits per heavy atom. The lowest BCUT2D eigenvalue weighted by molar-refractivity contribution is 0.818. The van der Waals surface area contributed by atoms with Crippen molar-refractivity contribution in [2.75, 3.05) is 11.5 Å². The van der Waals surface area contributed by atoms with Crippen LogP contribution in [0.3, 0.4) is 0 Å². The van der Waals surface area contributed by atoms with E-state index in [0.717, 1.165) is 0 Å². The molecule has 1 heteroatoms. The first-order valence-corrected chi connectivity index (χ1v) is 6.30. The Balaban J connectivity index is 2.90. The average molecular weight is 186 g/mol. The summed E-state index contributed by atoms with van der Waals surface area (Å²) in [5, 5.41) is 0. The Morgan fingerprint density at radius 3 is 2.42 bits per heavy atom. The van der Waals surface area contributed by atoms with Crippen LogP contribution in [0.1, 0.15) is 46.0 Å². The van der Waals surface area contributed by atoms with Gasteiger partial charge < -0.3 is 0 Å². The first kappa shape index (κ1) is 12.1. The fourth-order valence-electron chi connectivity index (χ4n) is 1.01. The molecule has 0 aliphatic rings. The van der Waals surface area contributed by atoms with E-state index in [1.54, 1.807) is 0 Å². The van der Waals surface area contributed by atoms with Crippen LogP contribution in [-0.2, 0) is 0 Å². The Bertz CT molecular complexity index is 97.2. The minimum Gasteiger partial charge on any atom is -0.162 e. The molecule has 0 heterocycles. The van der Waals surface area contributed by atoms with Crippen molar-refractivity contribution in [1.82, 2.24) is 0 Å². The van der Waals surface area contributed by atoms with Crippen LogP contribution in [0, 0.1) is 0 Å². The van der Waals surface area contributed by atoms with Gasteiger partial charge >= 0.3 is 0 Å². The molecular weight excluding hydrogens is 164 g/mol. The van der Waals surface area contributed by atoms with Gasteiger partial charge in [-0.3, -0.25) is 0 Å². The second-order valence-electron chi connectivity index (χ2n) is 2.95. The molecule has 0 bridgehead atoms. The second-order valence-corrected chi connectivity index (χ2v) is 4.35. The second kappa shape index (κ2) is 11.1. The van der Waals surface area contributed by atoms with E-state index in [9.17, 15) is 0 Å². The summed E-state index contributed by atoms with van der Waals surface area (Å²) in [6.07, 6.45) is 11.2. The molecule has 0 amide bonds. The standard InChI is InChI=1S/C11H22S/c1-3-5-6-7-8-9-10-11-12-4-2/h6-7H,3-5,8-11H2,1-2H3/b7-6-. The Labute approximate surface area is 81.8 Å². The molecule has 0 unspecified atom stereocenters. The van der Waals surface area contributed by atoms with Gasteiger partial charge in [0, 0.05) is 0 Å². The molecule has 0 N–H and O–H groups in total. The van der Waals surface area contributed by atoms with E-state index in [0.29, 0.717) is 0 Å². The van der Waals surface area contributed by atoms with E-state index in [-0.39, 0.29) is 0 Å². The normalized spacial score (nSPS) is 11.2. The summed E-state index contributed by atoms with van der Waals surface area (Å²) in [4.78, 5) is 0. The van der Waals surface area contributed by atoms with Crippen molar-refractivity contribution in [3.63, 3.8) is 0 Å². The first-order chi connectivity index (χ1) is 5.91. The summed E-state index contributed by atoms with van der Waals surface area (Å²) < 4.78 is 0. The number of hydrogen-bond acceptors (Lipinski definition) is 1. The predicted octanol–water partition coefficient (Wildman–Crippen LogP) is 4.27. The monoisotopic (exact) mass is 186 g/mol. The molecule has 0 nitrogen and oxygen atoms in total. The third-order valence-corrected chi connectivity index (χ3v) is 2.72. The summed E-state index contributed by atoms with van der Waals surface area (Å²) in [7, 11) is 0. The molecule has 0 radical (unpaired) electrons. The highest BCUT2D eigenvalue weighted by molar-refractivity contribution is 7.99. The SMILES string of the molecule is CCC/C=C\CCCCSCC. The fourth-order valence-corrected chi connectivity index (χ4v) is 1.71. The van der Waals surface area contributed by atoms with Gasteiger partial charge in [0.2, 0.25) is 0 Å². The summed E-state index contributed by atoms with van der Waals surface area (Å²) in [6, 6.07) is 0. The highest BCUT2D eigenvalue weighted by Gasteiger charge is 1.85. The van der Waals surface area contributed by atoms with Crippen molar-refractivity contribution in [3.05, 3.63) is 12.2 Å². The van der Waals surface area contributed by atoms with E-state index >= 15 is 0 Å². The molecular formula is C11H22S. The quantitative estimate of drug-likeness (QED) is 0.403. The highest BCUT2D eigenvalue weighted by atomic mass is 32.2. The predicted molar refractivity (Wildman–Crippen MR) is 60.9 cm³/mol. The minimum absolute atomic E-state index is 1.25. The molecule has 0 aromatic rings. The maximum absolute atomic E-state index is 2.33. The number of hydrogen-bond donors (Lipinski definition) is 0. The zero-order valence-corrected chi connectivity index (χ0v) is 9.33. The molecule has 0 aromatic heterocycles. The number of unbranched alkanes of at least 4 members (excludes halogenated alkanes) is 3. The Kier molecular flexibility index (Phi) is 11.2. The number of rotatable bonds is 8. The van der Waals surface area contributed by atoms with Crippen LogP contribution < -0.4 is 0 Å². The summed E-state index contributed by atoms with van der Waals surface area (Å²) in [5.74, 6) is 2.61. The topological polar surface area (TPSA) is 0 Å². The van der Waals surface area contributed by atoms with Gasteiger partial charge in [-0.05, 0) is 37.2 Å². The highest BCUT2D eigenvalue weighted by Crippen LogP contribution is 2.05. The zero-order valence-electron chi connectivity index (χ0n) is 8.51. The molecule has 0 rings (SSSR count). The molecule has 72 valence electrons. The van der Waals surface area contributed by atoms with Crippen molar-refractivity contribution < 1.29 is 0 Å². The van der Waals surface area contributed by atoms with Crippen molar-refractivity contribution in [2.45, 2.75) is 46.0 Å². The summed E-state index contributed by atoms with van der Waals surface area (Å²) in [6.45, 7) is 4.45. The van der Waals surface area contributed by atoms with Crippen LogP contribution in [0.2, 0.25) is 0 Å². The van der Waals surface area contributed by atoms with Crippen LogP contribution in [0.25, 0.3) is 0 Å². The van der Waals surface area contributed by atoms with Gasteiger partial charge in [0.15, 0.2) is 0 Å². The lowest BCUT2D eigenvalue weighted by Gasteiger charge is -1.95. The van der Waals surface area contributed by atoms with E-state index in [4.69, 9.17) is 0 Å². The Hall–Kier alpha value is 0.0900. The van der Waals surface area contributed by atoms with Crippen molar-refractivity contribution in [2.24, 2.45) is 0 Å². The molecule has 0 saturated carbocycles. The third kappa shape index (κ3) is 10.1. The average Bonchev–Trinajstić information content (AvgIpc) is 2.10. The van der Waals surface area contributed by atoms with Crippen LogP contribution in [-0.4, -0.2) is 11.5 Å². The molecule has 12 heavy (non-hydrogen) atoms. The van der Waals surface area contributed by atoms with Gasteiger partial charge in [-0.1, -0.05) is 32.4 Å². The lowest BCUT2D eigenvalue weighted by Crippen LogP contribution is -1.79. The van der Waals surface area contributed by atoms with Crippen LogP contribution in [0.5, 0.6) is 0 Å².